The van der Waals surface area contributed by atoms with Gasteiger partial charge in [0.2, 0.25) is 11.8 Å². The molecular weight excluding hydrogens is 460 g/mol. The lowest BCUT2D eigenvalue weighted by molar-refractivity contribution is -0.157. The van der Waals surface area contributed by atoms with Crippen LogP contribution in [0.25, 0.3) is 0 Å². The summed E-state index contributed by atoms with van der Waals surface area (Å²) in [5, 5.41) is 2.07. The predicted molar refractivity (Wildman–Crippen MR) is 110 cm³/mol. The van der Waals surface area contributed by atoms with Crippen molar-refractivity contribution in [1.82, 2.24) is 10.2 Å². The van der Waals surface area contributed by atoms with Crippen molar-refractivity contribution >= 4 is 39.7 Å². The molecule has 0 aliphatic carbocycles. The van der Waals surface area contributed by atoms with E-state index in [9.17, 15) is 32.4 Å². The highest BCUT2D eigenvalue weighted by Crippen LogP contribution is 2.37. The SMILES string of the molecule is CC(C)(C)OC(=O)COc1cc(OS(C)(=O)=O)cc2c1C(=O)N(C1CCC(=O)NC1=O)C2=O. The van der Waals surface area contributed by atoms with Crippen molar-refractivity contribution in [3.05, 3.63) is 23.3 Å². The summed E-state index contributed by atoms with van der Waals surface area (Å²) in [4.78, 5) is 62.5. The number of benzene rings is 1. The van der Waals surface area contributed by atoms with Crippen LogP contribution in [-0.4, -0.2) is 67.4 Å². The monoisotopic (exact) mass is 482 g/mol. The summed E-state index contributed by atoms with van der Waals surface area (Å²) < 4.78 is 38.5. The van der Waals surface area contributed by atoms with E-state index in [4.69, 9.17) is 13.7 Å². The number of carbonyl (C=O) groups is 5. The molecule has 13 heteroatoms. The Morgan fingerprint density at radius 3 is 2.39 bits per heavy atom. The second-order valence-electron chi connectivity index (χ2n) is 8.45. The molecule has 4 amide bonds. The Bertz CT molecular complexity index is 1170. The van der Waals surface area contributed by atoms with Crippen molar-refractivity contribution in [1.29, 1.82) is 0 Å². The number of hydrogen-bond acceptors (Lipinski definition) is 10. The van der Waals surface area contributed by atoms with Crippen molar-refractivity contribution < 1.29 is 46.0 Å². The van der Waals surface area contributed by atoms with Crippen molar-refractivity contribution in [2.24, 2.45) is 0 Å². The molecule has 12 nitrogen and oxygen atoms in total. The van der Waals surface area contributed by atoms with Gasteiger partial charge < -0.3 is 13.7 Å². The number of piperidine rings is 1. The Balaban J connectivity index is 1.98. The van der Waals surface area contributed by atoms with E-state index in [1.807, 2.05) is 0 Å². The molecular formula is C20H22N2O10S. The van der Waals surface area contributed by atoms with Crippen LogP contribution in [0.3, 0.4) is 0 Å². The first-order valence-electron chi connectivity index (χ1n) is 9.80. The lowest BCUT2D eigenvalue weighted by atomic mass is 10.0. The fraction of sp³-hybridized carbons (Fsp3) is 0.450. The molecule has 2 heterocycles. The van der Waals surface area contributed by atoms with Crippen LogP contribution < -0.4 is 14.2 Å². The third-order valence-electron chi connectivity index (χ3n) is 4.49. The average molecular weight is 482 g/mol. The molecule has 0 bridgehead atoms. The Morgan fingerprint density at radius 2 is 1.82 bits per heavy atom. The van der Waals surface area contributed by atoms with Gasteiger partial charge >= 0.3 is 16.1 Å². The van der Waals surface area contributed by atoms with Gasteiger partial charge in [0.1, 0.15) is 23.1 Å². The highest BCUT2D eigenvalue weighted by Gasteiger charge is 2.46. The quantitative estimate of drug-likeness (QED) is 0.335. The minimum Gasteiger partial charge on any atom is -0.481 e. The second kappa shape index (κ2) is 8.46. The molecule has 2 aliphatic heterocycles. The van der Waals surface area contributed by atoms with Gasteiger partial charge in [-0.1, -0.05) is 0 Å². The van der Waals surface area contributed by atoms with Crippen LogP contribution in [0.15, 0.2) is 12.1 Å². The first-order valence-corrected chi connectivity index (χ1v) is 11.6. The summed E-state index contributed by atoms with van der Waals surface area (Å²) in [7, 11) is -4.01. The summed E-state index contributed by atoms with van der Waals surface area (Å²) in [6.45, 7) is 4.28. The molecule has 0 saturated carbocycles. The molecule has 3 rings (SSSR count). The van der Waals surface area contributed by atoms with Crippen LogP contribution in [0.2, 0.25) is 0 Å². The number of nitrogens with zero attached hydrogens (tertiary/aromatic N) is 1. The largest absolute Gasteiger partial charge is 0.481 e. The van der Waals surface area contributed by atoms with Gasteiger partial charge in [-0.15, -0.1) is 0 Å². The van der Waals surface area contributed by atoms with E-state index in [2.05, 4.69) is 5.32 Å². The first kappa shape index (κ1) is 24.2. The predicted octanol–water partition coefficient (Wildman–Crippen LogP) is 0.147. The van der Waals surface area contributed by atoms with E-state index in [0.29, 0.717) is 4.90 Å². The minimum atomic E-state index is -4.01. The topological polar surface area (TPSA) is 162 Å². The van der Waals surface area contributed by atoms with Crippen molar-refractivity contribution in [2.75, 3.05) is 12.9 Å². The van der Waals surface area contributed by atoms with Crippen LogP contribution in [-0.2, 0) is 29.2 Å². The second-order valence-corrected chi connectivity index (χ2v) is 10.0. The summed E-state index contributed by atoms with van der Waals surface area (Å²) in [6.07, 6.45) is 0.634. The molecule has 0 aromatic heterocycles. The number of fused-ring (bicyclic) bond motifs is 1. The molecule has 1 aromatic rings. The summed E-state index contributed by atoms with van der Waals surface area (Å²) >= 11 is 0. The van der Waals surface area contributed by atoms with Crippen molar-refractivity contribution in [3.8, 4) is 11.5 Å². The molecule has 1 N–H and O–H groups in total. The zero-order valence-electron chi connectivity index (χ0n) is 18.3. The highest BCUT2D eigenvalue weighted by atomic mass is 32.2. The Kier molecular flexibility index (Phi) is 6.20. The lowest BCUT2D eigenvalue weighted by Crippen LogP contribution is -2.54. The lowest BCUT2D eigenvalue weighted by Gasteiger charge is -2.27. The molecule has 1 fully saturated rings. The number of imide groups is 2. The Morgan fingerprint density at radius 1 is 1.15 bits per heavy atom. The molecule has 2 aliphatic rings. The number of ether oxygens (including phenoxy) is 2. The number of amides is 4. The minimum absolute atomic E-state index is 0.0725. The maximum atomic E-state index is 13.1. The van der Waals surface area contributed by atoms with Gasteiger partial charge in [-0.05, 0) is 33.3 Å². The van der Waals surface area contributed by atoms with Gasteiger partial charge in [0.25, 0.3) is 11.8 Å². The van der Waals surface area contributed by atoms with E-state index in [0.717, 1.165) is 18.4 Å². The van der Waals surface area contributed by atoms with Crippen LogP contribution in [0, 0.1) is 0 Å². The van der Waals surface area contributed by atoms with Gasteiger partial charge in [0, 0.05) is 12.5 Å². The summed E-state index contributed by atoms with van der Waals surface area (Å²) in [6, 6.07) is 0.833. The van der Waals surface area contributed by atoms with Crippen LogP contribution in [0.1, 0.15) is 54.3 Å². The van der Waals surface area contributed by atoms with E-state index in [-0.39, 0.29) is 35.5 Å². The fourth-order valence-electron chi connectivity index (χ4n) is 3.38. The maximum absolute atomic E-state index is 13.1. The number of rotatable bonds is 6. The third kappa shape index (κ3) is 5.48. The zero-order valence-corrected chi connectivity index (χ0v) is 19.1. The standard InChI is InChI=1S/C20H22N2O10S/c1-20(2,3)31-15(24)9-30-13-8-10(32-33(4,28)29)7-11-16(13)19(27)22(18(11)26)12-5-6-14(23)21-17(12)25/h7-8,12H,5-6,9H2,1-4H3,(H,21,23,25). The molecule has 178 valence electrons. The fourth-order valence-corrected chi connectivity index (χ4v) is 3.82. The number of carbonyl (C=O) groups excluding carboxylic acids is 5. The average Bonchev–Trinajstić information content (AvgIpc) is 2.88. The van der Waals surface area contributed by atoms with Gasteiger partial charge in [0.05, 0.1) is 17.4 Å². The zero-order chi connectivity index (χ0) is 24.7. The molecule has 0 radical (unpaired) electrons. The molecule has 1 saturated heterocycles. The van der Waals surface area contributed by atoms with E-state index < -0.39 is 58.0 Å². The van der Waals surface area contributed by atoms with E-state index in [1.165, 1.54) is 0 Å². The molecule has 1 atom stereocenters. The normalized spacial score (nSPS) is 18.7. The third-order valence-corrected chi connectivity index (χ3v) is 4.99. The van der Waals surface area contributed by atoms with Gasteiger partial charge in [0.15, 0.2) is 6.61 Å². The molecule has 1 unspecified atom stereocenters. The Hall–Kier alpha value is -3.48. The first-order chi connectivity index (χ1) is 15.2. The van der Waals surface area contributed by atoms with Gasteiger partial charge in [-0.2, -0.15) is 8.42 Å². The van der Waals surface area contributed by atoms with Crippen LogP contribution >= 0.6 is 0 Å². The van der Waals surface area contributed by atoms with Crippen LogP contribution in [0.5, 0.6) is 11.5 Å². The van der Waals surface area contributed by atoms with Gasteiger partial charge in [-0.3, -0.25) is 29.4 Å². The van der Waals surface area contributed by atoms with Crippen LogP contribution in [0.4, 0.5) is 0 Å². The molecule has 0 spiro atoms. The highest BCUT2D eigenvalue weighted by molar-refractivity contribution is 7.86. The van der Waals surface area contributed by atoms with Crippen molar-refractivity contribution in [2.45, 2.75) is 45.3 Å². The summed E-state index contributed by atoms with van der Waals surface area (Å²) in [5.74, 6) is -4.54. The maximum Gasteiger partial charge on any atom is 0.344 e. The van der Waals surface area contributed by atoms with Gasteiger partial charge in [-0.25, -0.2) is 4.79 Å². The van der Waals surface area contributed by atoms with E-state index in [1.54, 1.807) is 20.8 Å². The number of esters is 1. The molecule has 33 heavy (non-hydrogen) atoms. The number of hydrogen-bond donors (Lipinski definition) is 1. The summed E-state index contributed by atoms with van der Waals surface area (Å²) in [5.41, 5.74) is -1.35. The Labute approximate surface area is 189 Å². The molecule has 1 aromatic carbocycles. The number of nitrogens with one attached hydrogen (secondary N) is 1. The van der Waals surface area contributed by atoms with E-state index >= 15 is 0 Å². The van der Waals surface area contributed by atoms with Crippen molar-refractivity contribution in [3.63, 3.8) is 0 Å². The smallest absolute Gasteiger partial charge is 0.344 e.